The molecule has 2 aromatic carbocycles. The molecule has 0 fully saturated rings. The Morgan fingerprint density at radius 3 is 2.86 bits per heavy atom. The van der Waals surface area contributed by atoms with Crippen LogP contribution in [-0.2, 0) is 12.8 Å². The first kappa shape index (κ1) is 14.1. The van der Waals surface area contributed by atoms with Crippen molar-refractivity contribution in [2.45, 2.75) is 32.7 Å². The number of ether oxygens (including phenoxy) is 1. The van der Waals surface area contributed by atoms with Crippen LogP contribution in [0.15, 0.2) is 36.4 Å². The normalized spacial score (nSPS) is 14.6. The minimum atomic E-state index is 0.122. The Kier molecular flexibility index (Phi) is 3.95. The standard InChI is InChI=1S/C18H22N2O/c1-12-3-4-13(2)16(9-12)11-17(20-19)14-5-6-18-15(10-14)7-8-21-18/h3-6,9-10,17,20H,7-8,11,19H2,1-2H3. The van der Waals surface area contributed by atoms with E-state index in [9.17, 15) is 0 Å². The Morgan fingerprint density at radius 1 is 1.19 bits per heavy atom. The summed E-state index contributed by atoms with van der Waals surface area (Å²) in [5, 5.41) is 0. The topological polar surface area (TPSA) is 47.3 Å². The lowest BCUT2D eigenvalue weighted by Gasteiger charge is -2.19. The van der Waals surface area contributed by atoms with Crippen LogP contribution in [0.5, 0.6) is 5.75 Å². The van der Waals surface area contributed by atoms with Crippen LogP contribution in [0.1, 0.15) is 33.9 Å². The zero-order valence-corrected chi connectivity index (χ0v) is 12.6. The third kappa shape index (κ3) is 2.94. The summed E-state index contributed by atoms with van der Waals surface area (Å²) in [4.78, 5) is 0. The van der Waals surface area contributed by atoms with E-state index in [1.54, 1.807) is 0 Å². The molecular formula is C18H22N2O. The first-order valence-corrected chi connectivity index (χ1v) is 7.45. The molecule has 21 heavy (non-hydrogen) atoms. The van der Waals surface area contributed by atoms with Gasteiger partial charge in [-0.2, -0.15) is 0 Å². The van der Waals surface area contributed by atoms with E-state index in [4.69, 9.17) is 10.6 Å². The highest BCUT2D eigenvalue weighted by Crippen LogP contribution is 2.29. The number of aryl methyl sites for hydroxylation is 2. The van der Waals surface area contributed by atoms with Crippen LogP contribution in [0.3, 0.4) is 0 Å². The van der Waals surface area contributed by atoms with Crippen molar-refractivity contribution in [1.82, 2.24) is 5.43 Å². The van der Waals surface area contributed by atoms with E-state index in [0.29, 0.717) is 0 Å². The highest BCUT2D eigenvalue weighted by atomic mass is 16.5. The van der Waals surface area contributed by atoms with Gasteiger partial charge in [-0.1, -0.05) is 35.9 Å². The van der Waals surface area contributed by atoms with E-state index in [1.807, 2.05) is 0 Å². The van der Waals surface area contributed by atoms with E-state index in [0.717, 1.165) is 25.2 Å². The van der Waals surface area contributed by atoms with Gasteiger partial charge in [-0.3, -0.25) is 11.3 Å². The van der Waals surface area contributed by atoms with Crippen molar-refractivity contribution in [3.05, 3.63) is 64.2 Å². The molecule has 1 atom stereocenters. The quantitative estimate of drug-likeness (QED) is 0.669. The number of rotatable bonds is 4. The maximum Gasteiger partial charge on any atom is 0.122 e. The van der Waals surface area contributed by atoms with Crippen molar-refractivity contribution in [2.24, 2.45) is 5.84 Å². The lowest BCUT2D eigenvalue weighted by molar-refractivity contribution is 0.356. The molecule has 1 heterocycles. The zero-order chi connectivity index (χ0) is 14.8. The number of hydrazine groups is 1. The fraction of sp³-hybridized carbons (Fsp3) is 0.333. The van der Waals surface area contributed by atoms with Crippen molar-refractivity contribution in [3.63, 3.8) is 0 Å². The Labute approximate surface area is 126 Å². The van der Waals surface area contributed by atoms with E-state index < -0.39 is 0 Å². The summed E-state index contributed by atoms with van der Waals surface area (Å²) in [6.45, 7) is 5.07. The Bertz CT molecular complexity index is 652. The third-order valence-corrected chi connectivity index (χ3v) is 4.25. The van der Waals surface area contributed by atoms with Gasteiger partial charge < -0.3 is 4.74 Å². The molecule has 3 N–H and O–H groups in total. The molecule has 3 heteroatoms. The van der Waals surface area contributed by atoms with Gasteiger partial charge in [-0.25, -0.2) is 0 Å². The van der Waals surface area contributed by atoms with E-state index in [1.165, 1.54) is 27.8 Å². The molecule has 1 aliphatic rings. The van der Waals surface area contributed by atoms with Crippen LogP contribution >= 0.6 is 0 Å². The van der Waals surface area contributed by atoms with Crippen molar-refractivity contribution < 1.29 is 4.74 Å². The first-order valence-electron chi connectivity index (χ1n) is 7.45. The lowest BCUT2D eigenvalue weighted by Crippen LogP contribution is -2.29. The van der Waals surface area contributed by atoms with E-state index >= 15 is 0 Å². The minimum absolute atomic E-state index is 0.122. The van der Waals surface area contributed by atoms with Gasteiger partial charge in [0.1, 0.15) is 5.75 Å². The van der Waals surface area contributed by atoms with Crippen molar-refractivity contribution >= 4 is 0 Å². The molecule has 110 valence electrons. The molecule has 2 aromatic rings. The second kappa shape index (κ2) is 5.88. The summed E-state index contributed by atoms with van der Waals surface area (Å²) in [6.07, 6.45) is 1.88. The molecule has 0 radical (unpaired) electrons. The maximum atomic E-state index is 5.80. The van der Waals surface area contributed by atoms with Gasteiger partial charge in [-0.15, -0.1) is 0 Å². The second-order valence-electron chi connectivity index (χ2n) is 5.82. The predicted octanol–water partition coefficient (Wildman–Crippen LogP) is 2.99. The molecule has 0 bridgehead atoms. The fourth-order valence-corrected chi connectivity index (χ4v) is 2.94. The molecular weight excluding hydrogens is 260 g/mol. The van der Waals surface area contributed by atoms with Crippen molar-refractivity contribution in [3.8, 4) is 5.75 Å². The number of nitrogens with two attached hydrogens (primary N) is 1. The molecule has 0 spiro atoms. The Balaban J connectivity index is 1.86. The summed E-state index contributed by atoms with van der Waals surface area (Å²) in [7, 11) is 0. The van der Waals surface area contributed by atoms with Crippen molar-refractivity contribution in [2.75, 3.05) is 6.61 Å². The number of fused-ring (bicyclic) bond motifs is 1. The smallest absolute Gasteiger partial charge is 0.122 e. The van der Waals surface area contributed by atoms with E-state index in [-0.39, 0.29) is 6.04 Å². The minimum Gasteiger partial charge on any atom is -0.493 e. The highest BCUT2D eigenvalue weighted by Gasteiger charge is 2.17. The van der Waals surface area contributed by atoms with E-state index in [2.05, 4.69) is 55.7 Å². The van der Waals surface area contributed by atoms with Crippen molar-refractivity contribution in [1.29, 1.82) is 0 Å². The summed E-state index contributed by atoms with van der Waals surface area (Å²) in [5.41, 5.74) is 9.41. The Hall–Kier alpha value is -1.84. The number of benzene rings is 2. The monoisotopic (exact) mass is 282 g/mol. The lowest BCUT2D eigenvalue weighted by atomic mass is 9.94. The first-order chi connectivity index (χ1) is 10.2. The number of hydrogen-bond donors (Lipinski definition) is 2. The number of nitrogens with one attached hydrogen (secondary N) is 1. The maximum absolute atomic E-state index is 5.80. The summed E-state index contributed by atoms with van der Waals surface area (Å²) in [5.74, 6) is 6.82. The molecule has 1 unspecified atom stereocenters. The molecule has 0 aromatic heterocycles. The van der Waals surface area contributed by atoms with Crippen LogP contribution in [0.25, 0.3) is 0 Å². The molecule has 0 amide bonds. The van der Waals surface area contributed by atoms with Crippen LogP contribution in [-0.4, -0.2) is 6.61 Å². The highest BCUT2D eigenvalue weighted by molar-refractivity contribution is 5.41. The third-order valence-electron chi connectivity index (χ3n) is 4.25. The van der Waals surface area contributed by atoms with Gasteiger partial charge in [0.15, 0.2) is 0 Å². The van der Waals surface area contributed by atoms with Crippen LogP contribution < -0.4 is 16.0 Å². The summed E-state index contributed by atoms with van der Waals surface area (Å²) >= 11 is 0. The second-order valence-corrected chi connectivity index (χ2v) is 5.82. The largest absolute Gasteiger partial charge is 0.493 e. The SMILES string of the molecule is Cc1ccc(C)c(CC(NN)c2ccc3c(c2)CCO3)c1. The summed E-state index contributed by atoms with van der Waals surface area (Å²) in [6, 6.07) is 13.1. The summed E-state index contributed by atoms with van der Waals surface area (Å²) < 4.78 is 5.57. The average Bonchev–Trinajstić information content (AvgIpc) is 2.95. The van der Waals surface area contributed by atoms with Gasteiger partial charge in [-0.05, 0) is 48.6 Å². The zero-order valence-electron chi connectivity index (χ0n) is 12.6. The average molecular weight is 282 g/mol. The van der Waals surface area contributed by atoms with Gasteiger partial charge in [0.05, 0.1) is 12.6 Å². The van der Waals surface area contributed by atoms with Gasteiger partial charge in [0, 0.05) is 6.42 Å². The number of hydrogen-bond acceptors (Lipinski definition) is 3. The van der Waals surface area contributed by atoms with Gasteiger partial charge in [0.25, 0.3) is 0 Å². The molecule has 0 saturated heterocycles. The molecule has 3 rings (SSSR count). The van der Waals surface area contributed by atoms with Crippen LogP contribution in [0.4, 0.5) is 0 Å². The van der Waals surface area contributed by atoms with Gasteiger partial charge in [0.2, 0.25) is 0 Å². The van der Waals surface area contributed by atoms with Gasteiger partial charge >= 0.3 is 0 Å². The molecule has 0 saturated carbocycles. The molecule has 3 nitrogen and oxygen atoms in total. The van der Waals surface area contributed by atoms with Crippen LogP contribution in [0, 0.1) is 13.8 Å². The fourth-order valence-electron chi connectivity index (χ4n) is 2.94. The Morgan fingerprint density at radius 2 is 2.05 bits per heavy atom. The van der Waals surface area contributed by atoms with Crippen LogP contribution in [0.2, 0.25) is 0 Å². The molecule has 0 aliphatic carbocycles. The molecule has 1 aliphatic heterocycles. The predicted molar refractivity (Wildman–Crippen MR) is 85.3 cm³/mol.